The molecule has 0 saturated carbocycles. The molecule has 1 saturated heterocycles. The Balaban J connectivity index is 1.74. The summed E-state index contributed by atoms with van der Waals surface area (Å²) in [5, 5.41) is 0. The number of likely N-dealkylation sites (N-methyl/N-ethyl adjacent to an activating group) is 1. The van der Waals surface area contributed by atoms with Gasteiger partial charge >= 0.3 is 25.2 Å². The third kappa shape index (κ3) is 5.54. The van der Waals surface area contributed by atoms with Gasteiger partial charge in [0.2, 0.25) is 0 Å². The quantitative estimate of drug-likeness (QED) is 0.641. The Morgan fingerprint density at radius 2 is 1.78 bits per heavy atom. The van der Waals surface area contributed by atoms with Crippen molar-refractivity contribution < 1.29 is 36.8 Å². The molecule has 3 rings (SSSR count). The van der Waals surface area contributed by atoms with Gasteiger partial charge in [-0.1, -0.05) is 25.1 Å². The van der Waals surface area contributed by atoms with Crippen LogP contribution in [0.2, 0.25) is 0 Å². The molecule has 2 aliphatic rings. The maximum Gasteiger partial charge on any atom is 0.636 e. The van der Waals surface area contributed by atoms with Crippen molar-refractivity contribution >= 4 is 24.5 Å². The lowest BCUT2D eigenvalue weighted by molar-refractivity contribution is -0.145. The average Bonchev–Trinajstić information content (AvgIpc) is 3.08. The average molecular weight is 451 g/mol. The summed E-state index contributed by atoms with van der Waals surface area (Å²) in [4.78, 5) is 25.3. The van der Waals surface area contributed by atoms with Gasteiger partial charge in [-0.05, 0) is 56.5 Å². The minimum atomic E-state index is -4.40. The van der Waals surface area contributed by atoms with Crippen LogP contribution in [0.25, 0.3) is 0 Å². The lowest BCUT2D eigenvalue weighted by Crippen LogP contribution is -2.47. The third-order valence-electron chi connectivity index (χ3n) is 5.44. The Labute approximate surface area is 185 Å². The first-order valence-corrected chi connectivity index (χ1v) is 10.4. The third-order valence-corrected chi connectivity index (χ3v) is 5.44. The highest BCUT2D eigenvalue weighted by atomic mass is 19.4. The van der Waals surface area contributed by atoms with Crippen LogP contribution in [0.4, 0.5) is 13.2 Å². The van der Waals surface area contributed by atoms with Gasteiger partial charge < -0.3 is 14.0 Å². The number of nitrogens with zero attached hydrogens (tertiary/aromatic N) is 1. The van der Waals surface area contributed by atoms with Gasteiger partial charge in [0.15, 0.2) is 0 Å². The Bertz CT molecular complexity index is 906. The van der Waals surface area contributed by atoms with E-state index < -0.39 is 36.9 Å². The standard InChI is InChI=1S/C22H25BF3NO5/c1-4-16-17(18(5-2)22(24,25)26)10-11-19(16)30-15-8-6-14(7-9-15)23-31-20(28)12-27(3)13-21(29)32-23/h5-9,19H,4,10-13H2,1-3H3/b18-5+. The van der Waals surface area contributed by atoms with E-state index in [0.29, 0.717) is 41.6 Å². The number of hydrogen-bond acceptors (Lipinski definition) is 6. The number of alkyl halides is 3. The van der Waals surface area contributed by atoms with Crippen molar-refractivity contribution in [3.8, 4) is 5.75 Å². The van der Waals surface area contributed by atoms with Gasteiger partial charge in [-0.2, -0.15) is 13.2 Å². The molecule has 1 aromatic rings. The molecular weight excluding hydrogens is 426 g/mol. The molecule has 0 spiro atoms. The fourth-order valence-electron chi connectivity index (χ4n) is 4.03. The zero-order chi connectivity index (χ0) is 23.5. The fourth-order valence-corrected chi connectivity index (χ4v) is 4.03. The molecule has 0 aromatic heterocycles. The molecule has 0 radical (unpaired) electrons. The van der Waals surface area contributed by atoms with Crippen LogP contribution in [0, 0.1) is 0 Å². The summed E-state index contributed by atoms with van der Waals surface area (Å²) in [7, 11) is 0.446. The molecule has 1 fully saturated rings. The molecule has 0 N–H and O–H groups in total. The second-order valence-corrected chi connectivity index (χ2v) is 7.76. The molecule has 1 unspecified atom stereocenters. The van der Waals surface area contributed by atoms with Crippen molar-refractivity contribution in [1.82, 2.24) is 4.90 Å². The number of carbonyl (C=O) groups excluding carboxylic acids is 2. The molecule has 1 aliphatic carbocycles. The second-order valence-electron chi connectivity index (χ2n) is 7.76. The first-order chi connectivity index (χ1) is 15.1. The number of carbonyl (C=O) groups is 2. The van der Waals surface area contributed by atoms with E-state index in [2.05, 4.69) is 0 Å². The summed E-state index contributed by atoms with van der Waals surface area (Å²) < 4.78 is 56.5. The smallest absolute Gasteiger partial charge is 0.494 e. The number of rotatable bonds is 5. The highest BCUT2D eigenvalue weighted by molar-refractivity contribution is 6.64. The first-order valence-electron chi connectivity index (χ1n) is 10.4. The van der Waals surface area contributed by atoms with Crippen LogP contribution < -0.4 is 10.2 Å². The topological polar surface area (TPSA) is 65.1 Å². The van der Waals surface area contributed by atoms with Crippen LogP contribution in [-0.2, 0) is 18.9 Å². The molecule has 0 amide bonds. The van der Waals surface area contributed by atoms with Gasteiger partial charge in [0.25, 0.3) is 0 Å². The number of ether oxygens (including phenoxy) is 1. The first kappa shape index (κ1) is 23.9. The molecule has 1 atom stereocenters. The molecule has 172 valence electrons. The van der Waals surface area contributed by atoms with Gasteiger partial charge in [0.1, 0.15) is 11.9 Å². The van der Waals surface area contributed by atoms with Crippen LogP contribution >= 0.6 is 0 Å². The van der Waals surface area contributed by atoms with E-state index in [-0.39, 0.29) is 13.1 Å². The van der Waals surface area contributed by atoms with Crippen molar-refractivity contribution in [3.63, 3.8) is 0 Å². The summed E-state index contributed by atoms with van der Waals surface area (Å²) in [6.45, 7) is 3.14. The highest BCUT2D eigenvalue weighted by Crippen LogP contribution is 2.41. The van der Waals surface area contributed by atoms with Gasteiger partial charge in [-0.25, -0.2) is 0 Å². The highest BCUT2D eigenvalue weighted by Gasteiger charge is 2.40. The fraction of sp³-hybridized carbons (Fsp3) is 0.455. The Kier molecular flexibility index (Phi) is 7.33. The molecule has 0 bridgehead atoms. The van der Waals surface area contributed by atoms with Crippen LogP contribution in [0.3, 0.4) is 0 Å². The van der Waals surface area contributed by atoms with E-state index in [1.165, 1.54) is 11.8 Å². The van der Waals surface area contributed by atoms with Crippen LogP contribution in [-0.4, -0.2) is 56.4 Å². The van der Waals surface area contributed by atoms with E-state index in [1.807, 2.05) is 6.92 Å². The maximum absolute atomic E-state index is 13.4. The van der Waals surface area contributed by atoms with E-state index in [1.54, 1.807) is 31.3 Å². The van der Waals surface area contributed by atoms with Crippen LogP contribution in [0.1, 0.15) is 33.1 Å². The zero-order valence-electron chi connectivity index (χ0n) is 18.2. The number of allylic oxidation sites excluding steroid dienone is 3. The van der Waals surface area contributed by atoms with Crippen molar-refractivity contribution in [2.45, 2.75) is 45.4 Å². The largest absolute Gasteiger partial charge is 0.636 e. The van der Waals surface area contributed by atoms with Gasteiger partial charge in [-0.3, -0.25) is 14.5 Å². The van der Waals surface area contributed by atoms with Gasteiger partial charge in [0, 0.05) is 5.46 Å². The van der Waals surface area contributed by atoms with E-state index in [0.717, 1.165) is 6.08 Å². The van der Waals surface area contributed by atoms with E-state index >= 15 is 0 Å². The Morgan fingerprint density at radius 1 is 1.19 bits per heavy atom. The molecule has 1 heterocycles. The van der Waals surface area contributed by atoms with Gasteiger partial charge in [0.05, 0.1) is 18.7 Å². The number of halogens is 3. The maximum atomic E-state index is 13.4. The molecular formula is C22H25BF3NO5. The van der Waals surface area contributed by atoms with Crippen LogP contribution in [0.15, 0.2) is 47.1 Å². The van der Waals surface area contributed by atoms with E-state index in [9.17, 15) is 22.8 Å². The molecule has 1 aliphatic heterocycles. The molecule has 1 aromatic carbocycles. The van der Waals surface area contributed by atoms with Gasteiger partial charge in [-0.15, -0.1) is 0 Å². The van der Waals surface area contributed by atoms with Crippen molar-refractivity contribution in [2.75, 3.05) is 20.1 Å². The zero-order valence-corrected chi connectivity index (χ0v) is 18.2. The van der Waals surface area contributed by atoms with Crippen molar-refractivity contribution in [1.29, 1.82) is 0 Å². The van der Waals surface area contributed by atoms with Crippen molar-refractivity contribution in [2.24, 2.45) is 0 Å². The lowest BCUT2D eigenvalue weighted by Gasteiger charge is -2.23. The lowest BCUT2D eigenvalue weighted by atomic mass is 9.78. The summed E-state index contributed by atoms with van der Waals surface area (Å²) >= 11 is 0. The molecule has 6 nitrogen and oxygen atoms in total. The normalized spacial score (nSPS) is 21.2. The Hall–Kier alpha value is -2.75. The predicted octanol–water partition coefficient (Wildman–Crippen LogP) is 3.17. The SMILES string of the molecule is C/C=C(\C1=C(CC)C(Oc2ccc(B3OC(=O)CN(C)CC(=O)O3)cc2)CC1)C(F)(F)F. The monoisotopic (exact) mass is 451 g/mol. The van der Waals surface area contributed by atoms with E-state index in [4.69, 9.17) is 14.0 Å². The summed E-state index contributed by atoms with van der Waals surface area (Å²) in [5.74, 6) is -0.583. The van der Waals surface area contributed by atoms with Crippen LogP contribution in [0.5, 0.6) is 5.75 Å². The summed E-state index contributed by atoms with van der Waals surface area (Å²) in [6.07, 6.45) is -2.54. The second kappa shape index (κ2) is 9.81. The number of hydrogen-bond donors (Lipinski definition) is 0. The minimum Gasteiger partial charge on any atom is -0.494 e. The Morgan fingerprint density at radius 3 is 2.28 bits per heavy atom. The minimum absolute atomic E-state index is 0.0327. The predicted molar refractivity (Wildman–Crippen MR) is 112 cm³/mol. The van der Waals surface area contributed by atoms with Crippen molar-refractivity contribution in [3.05, 3.63) is 47.1 Å². The number of benzene rings is 1. The summed E-state index contributed by atoms with van der Waals surface area (Å²) in [5.41, 5.74) is 0.804. The molecule has 10 heteroatoms. The summed E-state index contributed by atoms with van der Waals surface area (Å²) in [6, 6.07) is 6.44. The molecule has 32 heavy (non-hydrogen) atoms.